The van der Waals surface area contributed by atoms with E-state index >= 15 is 0 Å². The molecule has 1 nitrogen and oxygen atoms in total. The monoisotopic (exact) mass is 777 g/mol. The zero-order valence-electron chi connectivity index (χ0n) is 34.0. The maximum atomic E-state index is 2.50. The molecule has 0 fully saturated rings. The smallest absolute Gasteiger partial charge is 0.0543 e. The maximum absolute atomic E-state index is 2.50. The van der Waals surface area contributed by atoms with Crippen LogP contribution in [0.15, 0.2) is 243 Å². The van der Waals surface area contributed by atoms with Gasteiger partial charge in [-0.1, -0.05) is 206 Å². The van der Waals surface area contributed by atoms with Crippen molar-refractivity contribution in [2.75, 3.05) is 4.90 Å². The van der Waals surface area contributed by atoms with E-state index in [0.29, 0.717) is 0 Å². The van der Waals surface area contributed by atoms with Gasteiger partial charge in [0.2, 0.25) is 0 Å². The van der Waals surface area contributed by atoms with Crippen molar-refractivity contribution in [3.05, 3.63) is 259 Å². The number of benzene rings is 10. The largest absolute Gasteiger partial charge is 0.309 e. The first-order chi connectivity index (χ1) is 30.1. The van der Waals surface area contributed by atoms with E-state index in [2.05, 4.69) is 254 Å². The summed E-state index contributed by atoms with van der Waals surface area (Å²) >= 11 is 0. The van der Waals surface area contributed by atoms with Gasteiger partial charge >= 0.3 is 0 Å². The SMILES string of the molecule is CC1(c2ccccc2)c2ccccc2-c2c(N(c3cccc(-c4ccc(-c5ccc6ccccc6c5)cc4)c3)c3ccccc3-c3cccc(-c4ccccc4)c3)cccc21. The maximum Gasteiger partial charge on any atom is 0.0543 e. The Labute approximate surface area is 358 Å². The van der Waals surface area contributed by atoms with Gasteiger partial charge in [0.05, 0.1) is 11.4 Å². The predicted octanol–water partition coefficient (Wildman–Crippen LogP) is 16.3. The summed E-state index contributed by atoms with van der Waals surface area (Å²) in [5, 5.41) is 2.51. The van der Waals surface area contributed by atoms with Crippen LogP contribution < -0.4 is 4.90 Å². The third kappa shape index (κ3) is 6.34. The number of hydrogen-bond donors (Lipinski definition) is 0. The number of fused-ring (bicyclic) bond motifs is 4. The van der Waals surface area contributed by atoms with Crippen molar-refractivity contribution >= 4 is 27.8 Å². The Bertz CT molecular complexity index is 3200. The van der Waals surface area contributed by atoms with Gasteiger partial charge in [0.25, 0.3) is 0 Å². The lowest BCUT2D eigenvalue weighted by atomic mass is 9.74. The Hall–Kier alpha value is -7.74. The highest BCUT2D eigenvalue weighted by Crippen LogP contribution is 2.57. The molecular formula is C60H43N. The minimum absolute atomic E-state index is 0.326. The van der Waals surface area contributed by atoms with E-state index in [1.165, 1.54) is 83.1 Å². The van der Waals surface area contributed by atoms with Crippen molar-refractivity contribution in [3.8, 4) is 55.6 Å². The first kappa shape index (κ1) is 36.3. The van der Waals surface area contributed by atoms with Gasteiger partial charge in [0.15, 0.2) is 0 Å². The molecule has 0 aliphatic heterocycles. The highest BCUT2D eigenvalue weighted by molar-refractivity contribution is 5.99. The fraction of sp³-hybridized carbons (Fsp3) is 0.0333. The Balaban J connectivity index is 1.09. The van der Waals surface area contributed by atoms with E-state index in [-0.39, 0.29) is 5.41 Å². The molecule has 1 atom stereocenters. The molecule has 1 aliphatic carbocycles. The molecule has 1 unspecified atom stereocenters. The van der Waals surface area contributed by atoms with Crippen LogP contribution in [0.3, 0.4) is 0 Å². The Morgan fingerprint density at radius 3 is 1.61 bits per heavy atom. The second-order valence-electron chi connectivity index (χ2n) is 16.2. The first-order valence-corrected chi connectivity index (χ1v) is 21.2. The van der Waals surface area contributed by atoms with E-state index in [1.54, 1.807) is 0 Å². The summed E-state index contributed by atoms with van der Waals surface area (Å²) in [7, 11) is 0. The molecule has 0 spiro atoms. The van der Waals surface area contributed by atoms with Crippen LogP contribution in [0.4, 0.5) is 17.1 Å². The van der Waals surface area contributed by atoms with Crippen LogP contribution in [-0.2, 0) is 5.41 Å². The van der Waals surface area contributed by atoms with Gasteiger partial charge in [-0.15, -0.1) is 0 Å². The van der Waals surface area contributed by atoms with Crippen LogP contribution >= 0.6 is 0 Å². The highest BCUT2D eigenvalue weighted by Gasteiger charge is 2.42. The fourth-order valence-corrected chi connectivity index (χ4v) is 9.66. The average Bonchev–Trinajstić information content (AvgIpc) is 3.61. The number of hydrogen-bond acceptors (Lipinski definition) is 1. The zero-order chi connectivity index (χ0) is 40.8. The normalized spacial score (nSPS) is 14.0. The molecule has 0 bridgehead atoms. The molecule has 0 N–H and O–H groups in total. The Kier molecular flexibility index (Phi) is 9.02. The molecule has 0 aromatic heterocycles. The van der Waals surface area contributed by atoms with E-state index in [4.69, 9.17) is 0 Å². The lowest BCUT2D eigenvalue weighted by Crippen LogP contribution is -2.22. The molecule has 0 heterocycles. The molecule has 288 valence electrons. The fourth-order valence-electron chi connectivity index (χ4n) is 9.66. The van der Waals surface area contributed by atoms with Crippen LogP contribution in [0.2, 0.25) is 0 Å². The van der Waals surface area contributed by atoms with Crippen molar-refractivity contribution in [3.63, 3.8) is 0 Å². The van der Waals surface area contributed by atoms with Crippen molar-refractivity contribution in [2.24, 2.45) is 0 Å². The van der Waals surface area contributed by atoms with Crippen molar-refractivity contribution in [2.45, 2.75) is 12.3 Å². The minimum Gasteiger partial charge on any atom is -0.309 e. The van der Waals surface area contributed by atoms with Gasteiger partial charge in [-0.3, -0.25) is 0 Å². The molecule has 1 aliphatic rings. The number of nitrogens with zero attached hydrogens (tertiary/aromatic N) is 1. The molecule has 10 aromatic rings. The second kappa shape index (κ2) is 15.1. The molecule has 0 radical (unpaired) electrons. The number of para-hydroxylation sites is 1. The van der Waals surface area contributed by atoms with Crippen molar-refractivity contribution in [1.29, 1.82) is 0 Å². The van der Waals surface area contributed by atoms with Crippen LogP contribution in [0.25, 0.3) is 66.4 Å². The molecule has 0 saturated heterocycles. The number of rotatable bonds is 8. The van der Waals surface area contributed by atoms with Gasteiger partial charge in [-0.25, -0.2) is 0 Å². The number of anilines is 3. The zero-order valence-corrected chi connectivity index (χ0v) is 34.0. The molecule has 1 heteroatoms. The molecule has 0 saturated carbocycles. The Morgan fingerprint density at radius 2 is 0.820 bits per heavy atom. The van der Waals surface area contributed by atoms with Crippen molar-refractivity contribution < 1.29 is 0 Å². The van der Waals surface area contributed by atoms with Gasteiger partial charge in [-0.2, -0.15) is 0 Å². The lowest BCUT2D eigenvalue weighted by Gasteiger charge is -2.32. The van der Waals surface area contributed by atoms with Crippen LogP contribution in [0.1, 0.15) is 23.6 Å². The van der Waals surface area contributed by atoms with E-state index < -0.39 is 0 Å². The quantitative estimate of drug-likeness (QED) is 0.149. The molecule has 61 heavy (non-hydrogen) atoms. The summed E-state index contributed by atoms with van der Waals surface area (Å²) in [6.07, 6.45) is 0. The summed E-state index contributed by atoms with van der Waals surface area (Å²) in [6, 6.07) is 88.8. The van der Waals surface area contributed by atoms with Crippen LogP contribution in [-0.4, -0.2) is 0 Å². The average molecular weight is 778 g/mol. The van der Waals surface area contributed by atoms with Gasteiger partial charge in [-0.05, 0) is 115 Å². The highest BCUT2D eigenvalue weighted by atomic mass is 15.1. The predicted molar refractivity (Wildman–Crippen MR) is 258 cm³/mol. The third-order valence-electron chi connectivity index (χ3n) is 12.7. The van der Waals surface area contributed by atoms with Crippen molar-refractivity contribution in [1.82, 2.24) is 0 Å². The van der Waals surface area contributed by atoms with E-state index in [9.17, 15) is 0 Å². The second-order valence-corrected chi connectivity index (χ2v) is 16.2. The summed E-state index contributed by atoms with van der Waals surface area (Å²) < 4.78 is 0. The van der Waals surface area contributed by atoms with Crippen LogP contribution in [0, 0.1) is 0 Å². The van der Waals surface area contributed by atoms with Crippen LogP contribution in [0.5, 0.6) is 0 Å². The molecule has 0 amide bonds. The topological polar surface area (TPSA) is 3.24 Å². The standard InChI is InChI=1S/C60H43N/c1-60(51-24-6-3-7-25-51)55-29-12-10-28-54(55)59-56(60)30-16-32-58(59)61(57-31-13-11-27-53(57)50-23-14-21-47(40-50)42-17-4-2-5-18-42)52-26-15-22-48(41-52)44-33-35-45(36-34-44)49-38-37-43-19-8-9-20-46(43)39-49/h2-41H,1H3. The molecule has 10 aromatic carbocycles. The third-order valence-corrected chi connectivity index (χ3v) is 12.7. The lowest BCUT2D eigenvalue weighted by molar-refractivity contribution is 0.714. The van der Waals surface area contributed by atoms with E-state index in [1.807, 2.05) is 0 Å². The Morgan fingerprint density at radius 1 is 0.311 bits per heavy atom. The summed E-state index contributed by atoms with van der Waals surface area (Å²) in [5.74, 6) is 0. The summed E-state index contributed by atoms with van der Waals surface area (Å²) in [6.45, 7) is 2.40. The minimum atomic E-state index is -0.326. The molecule has 11 rings (SSSR count). The summed E-state index contributed by atoms with van der Waals surface area (Å²) in [4.78, 5) is 2.50. The first-order valence-electron chi connectivity index (χ1n) is 21.2. The van der Waals surface area contributed by atoms with Gasteiger partial charge in [0.1, 0.15) is 0 Å². The van der Waals surface area contributed by atoms with E-state index in [0.717, 1.165) is 17.1 Å². The van der Waals surface area contributed by atoms with Gasteiger partial charge < -0.3 is 4.90 Å². The molecular weight excluding hydrogens is 735 g/mol. The van der Waals surface area contributed by atoms with Gasteiger partial charge in [0, 0.05) is 22.2 Å². The summed E-state index contributed by atoms with van der Waals surface area (Å²) in [5.41, 5.74) is 19.0.